The molecule has 0 aromatic carbocycles. The third-order valence-corrected chi connectivity index (χ3v) is 2.03. The molecule has 0 aliphatic carbocycles. The van der Waals surface area contributed by atoms with Gasteiger partial charge in [0.05, 0.1) is 6.04 Å². The Morgan fingerprint density at radius 2 is 2.30 bits per heavy atom. The fraction of sp³-hybridized carbons (Fsp3) is 0.833. The van der Waals surface area contributed by atoms with Crippen LogP contribution < -0.4 is 5.73 Å². The van der Waals surface area contributed by atoms with E-state index < -0.39 is 0 Å². The van der Waals surface area contributed by atoms with Gasteiger partial charge in [0, 0.05) is 6.54 Å². The average Bonchev–Trinajstić information content (AvgIpc) is 2.13. The molecular weight excluding hydrogens is 148 g/mol. The zero-order valence-electron chi connectivity index (χ0n) is 5.08. The molecule has 10 heavy (non-hydrogen) atoms. The Morgan fingerprint density at radius 1 is 1.70 bits per heavy atom. The summed E-state index contributed by atoms with van der Waals surface area (Å²) in [7, 11) is 0. The maximum absolute atomic E-state index is 10.5. The predicted octanol–water partition coefficient (Wildman–Crippen LogP) is 0.417. The standard InChI is InChI=1S/C5H10N2OS.CH4/c6-5(8)4-2-1-3-7(4)9;/h4,9H,1-3H2,(H2,6,8);1H4. The molecule has 1 aliphatic rings. The maximum Gasteiger partial charge on any atom is 0.235 e. The van der Waals surface area contributed by atoms with Gasteiger partial charge in [-0.2, -0.15) is 0 Å². The molecule has 0 bridgehead atoms. The van der Waals surface area contributed by atoms with Gasteiger partial charge in [-0.15, -0.1) is 0 Å². The molecule has 1 atom stereocenters. The molecule has 4 heteroatoms. The van der Waals surface area contributed by atoms with E-state index >= 15 is 0 Å². The summed E-state index contributed by atoms with van der Waals surface area (Å²) in [6.45, 7) is 0.872. The molecule has 1 saturated heterocycles. The van der Waals surface area contributed by atoms with E-state index in [0.717, 1.165) is 19.4 Å². The Labute approximate surface area is 67.1 Å². The monoisotopic (exact) mass is 162 g/mol. The number of carbonyl (C=O) groups excluding carboxylic acids is 1. The largest absolute Gasteiger partial charge is 0.368 e. The van der Waals surface area contributed by atoms with E-state index in [1.165, 1.54) is 0 Å². The molecule has 60 valence electrons. The van der Waals surface area contributed by atoms with Crippen LogP contribution in [0.2, 0.25) is 0 Å². The summed E-state index contributed by atoms with van der Waals surface area (Å²) in [5.41, 5.74) is 5.06. The summed E-state index contributed by atoms with van der Waals surface area (Å²) in [6, 6.07) is -0.131. The molecule has 0 aromatic rings. The van der Waals surface area contributed by atoms with Gasteiger partial charge in [0.25, 0.3) is 0 Å². The van der Waals surface area contributed by atoms with Gasteiger partial charge in [-0.1, -0.05) is 20.2 Å². The van der Waals surface area contributed by atoms with Gasteiger partial charge < -0.3 is 5.73 Å². The first-order chi connectivity index (χ1) is 4.22. The van der Waals surface area contributed by atoms with Crippen LogP contribution in [0.1, 0.15) is 20.3 Å². The van der Waals surface area contributed by atoms with Crippen molar-refractivity contribution in [3.05, 3.63) is 0 Å². The fourth-order valence-electron chi connectivity index (χ4n) is 1.04. The molecule has 1 unspecified atom stereocenters. The van der Waals surface area contributed by atoms with Crippen LogP contribution in [0, 0.1) is 0 Å². The van der Waals surface area contributed by atoms with E-state index in [9.17, 15) is 4.79 Å². The van der Waals surface area contributed by atoms with Gasteiger partial charge in [0.2, 0.25) is 5.91 Å². The summed E-state index contributed by atoms with van der Waals surface area (Å²) in [6.07, 6.45) is 1.88. The SMILES string of the molecule is C.NC(=O)C1CCCN1S. The summed E-state index contributed by atoms with van der Waals surface area (Å²) in [5.74, 6) is -0.262. The average molecular weight is 162 g/mol. The van der Waals surface area contributed by atoms with Crippen molar-refractivity contribution in [3.8, 4) is 0 Å². The lowest BCUT2D eigenvalue weighted by Crippen LogP contribution is -2.34. The van der Waals surface area contributed by atoms with E-state index in [2.05, 4.69) is 12.8 Å². The van der Waals surface area contributed by atoms with Crippen LogP contribution in [0.25, 0.3) is 0 Å². The second kappa shape index (κ2) is 3.83. The Hall–Kier alpha value is -0.220. The molecule has 1 rings (SSSR count). The zero-order valence-corrected chi connectivity index (χ0v) is 5.97. The van der Waals surface area contributed by atoms with Crippen molar-refractivity contribution in [1.29, 1.82) is 0 Å². The van der Waals surface area contributed by atoms with Gasteiger partial charge in [-0.05, 0) is 12.8 Å². The topological polar surface area (TPSA) is 46.3 Å². The number of nitrogens with two attached hydrogens (primary N) is 1. The minimum absolute atomic E-state index is 0. The summed E-state index contributed by atoms with van der Waals surface area (Å²) >= 11 is 4.06. The van der Waals surface area contributed by atoms with Crippen LogP contribution in [0.5, 0.6) is 0 Å². The fourth-order valence-corrected chi connectivity index (χ4v) is 1.41. The third kappa shape index (κ3) is 1.88. The Kier molecular flexibility index (Phi) is 3.75. The number of rotatable bonds is 1. The van der Waals surface area contributed by atoms with E-state index in [1.807, 2.05) is 0 Å². The van der Waals surface area contributed by atoms with E-state index in [1.54, 1.807) is 4.31 Å². The second-order valence-corrected chi connectivity index (χ2v) is 2.74. The summed E-state index contributed by atoms with van der Waals surface area (Å²) in [4.78, 5) is 10.5. The normalized spacial score (nSPS) is 25.9. The lowest BCUT2D eigenvalue weighted by molar-refractivity contribution is -0.120. The summed E-state index contributed by atoms with van der Waals surface area (Å²) < 4.78 is 1.70. The Morgan fingerprint density at radius 3 is 2.50 bits per heavy atom. The molecule has 0 saturated carbocycles. The molecule has 1 aliphatic heterocycles. The van der Waals surface area contributed by atoms with Crippen molar-refractivity contribution < 1.29 is 4.79 Å². The van der Waals surface area contributed by atoms with E-state index in [0.29, 0.717) is 0 Å². The van der Waals surface area contributed by atoms with Crippen LogP contribution in [-0.2, 0) is 4.79 Å². The highest BCUT2D eigenvalue weighted by atomic mass is 32.1. The first-order valence-corrected chi connectivity index (χ1v) is 3.36. The van der Waals surface area contributed by atoms with Crippen molar-refractivity contribution in [1.82, 2.24) is 4.31 Å². The van der Waals surface area contributed by atoms with Crippen LogP contribution in [0.4, 0.5) is 0 Å². The molecule has 0 aromatic heterocycles. The molecule has 0 spiro atoms. The van der Waals surface area contributed by atoms with Gasteiger partial charge in [0.1, 0.15) is 0 Å². The third-order valence-electron chi connectivity index (χ3n) is 1.55. The van der Waals surface area contributed by atoms with Crippen LogP contribution in [0.15, 0.2) is 0 Å². The van der Waals surface area contributed by atoms with Gasteiger partial charge >= 0.3 is 0 Å². The zero-order chi connectivity index (χ0) is 6.85. The highest BCUT2D eigenvalue weighted by molar-refractivity contribution is 7.77. The Bertz CT molecular complexity index is 129. The van der Waals surface area contributed by atoms with E-state index in [-0.39, 0.29) is 19.4 Å². The van der Waals surface area contributed by atoms with Crippen molar-refractivity contribution in [2.75, 3.05) is 6.54 Å². The van der Waals surface area contributed by atoms with Gasteiger partial charge in [-0.3, -0.25) is 4.79 Å². The molecule has 1 fully saturated rings. The molecule has 0 radical (unpaired) electrons. The first-order valence-electron chi connectivity index (χ1n) is 2.96. The number of nitrogens with zero attached hydrogens (tertiary/aromatic N) is 1. The second-order valence-electron chi connectivity index (χ2n) is 2.22. The van der Waals surface area contributed by atoms with E-state index in [4.69, 9.17) is 5.73 Å². The first kappa shape index (κ1) is 9.78. The van der Waals surface area contributed by atoms with Gasteiger partial charge in [0.15, 0.2) is 0 Å². The molecule has 1 amide bonds. The van der Waals surface area contributed by atoms with Crippen molar-refractivity contribution in [2.24, 2.45) is 5.73 Å². The molecule has 2 N–H and O–H groups in total. The molecule has 1 heterocycles. The number of hydrogen-bond donors (Lipinski definition) is 2. The number of carbonyl (C=O) groups is 1. The van der Waals surface area contributed by atoms with Crippen LogP contribution in [-0.4, -0.2) is 22.8 Å². The lowest BCUT2D eigenvalue weighted by Gasteiger charge is -2.12. The molecular formula is C6H14N2OS. The minimum Gasteiger partial charge on any atom is -0.368 e. The Balaban J connectivity index is 0.000000810. The highest BCUT2D eigenvalue weighted by Crippen LogP contribution is 2.17. The number of hydrogen-bond acceptors (Lipinski definition) is 3. The summed E-state index contributed by atoms with van der Waals surface area (Å²) in [5, 5.41) is 0. The minimum atomic E-state index is -0.262. The maximum atomic E-state index is 10.5. The lowest BCUT2D eigenvalue weighted by atomic mass is 10.2. The smallest absolute Gasteiger partial charge is 0.235 e. The van der Waals surface area contributed by atoms with Crippen molar-refractivity contribution in [3.63, 3.8) is 0 Å². The highest BCUT2D eigenvalue weighted by Gasteiger charge is 2.26. The van der Waals surface area contributed by atoms with Crippen LogP contribution >= 0.6 is 12.8 Å². The van der Waals surface area contributed by atoms with Crippen LogP contribution in [0.3, 0.4) is 0 Å². The van der Waals surface area contributed by atoms with Crippen molar-refractivity contribution in [2.45, 2.75) is 26.3 Å². The number of amides is 1. The quantitative estimate of drug-likeness (QED) is 0.549. The van der Waals surface area contributed by atoms with Crippen molar-refractivity contribution >= 4 is 18.7 Å². The number of primary amides is 1. The number of thiol groups is 1. The predicted molar refractivity (Wildman–Crippen MR) is 44.6 cm³/mol. The van der Waals surface area contributed by atoms with Gasteiger partial charge in [-0.25, -0.2) is 4.31 Å². The molecule has 3 nitrogen and oxygen atoms in total.